The molecular formula is C20H26N2O4S. The second-order valence-corrected chi connectivity index (χ2v) is 8.15. The van der Waals surface area contributed by atoms with Crippen LogP contribution in [-0.4, -0.2) is 32.9 Å². The van der Waals surface area contributed by atoms with Gasteiger partial charge in [-0.15, -0.1) is 0 Å². The fraction of sp³-hybridized carbons (Fsp3) is 0.350. The summed E-state index contributed by atoms with van der Waals surface area (Å²) in [6.45, 7) is 6.19. The molecule has 2 aromatic carbocycles. The molecule has 7 heteroatoms. The van der Waals surface area contributed by atoms with E-state index >= 15 is 0 Å². The molecule has 0 aliphatic rings. The molecule has 0 aliphatic heterocycles. The molecule has 6 nitrogen and oxygen atoms in total. The number of amides is 1. The van der Waals surface area contributed by atoms with Gasteiger partial charge in [0.2, 0.25) is 15.9 Å². The van der Waals surface area contributed by atoms with E-state index < -0.39 is 10.0 Å². The Labute approximate surface area is 161 Å². The van der Waals surface area contributed by atoms with Crippen molar-refractivity contribution >= 4 is 15.9 Å². The van der Waals surface area contributed by atoms with Gasteiger partial charge in [0.15, 0.2) is 0 Å². The molecule has 0 heterocycles. The van der Waals surface area contributed by atoms with Crippen molar-refractivity contribution in [1.82, 2.24) is 4.90 Å². The molecule has 0 aliphatic carbocycles. The van der Waals surface area contributed by atoms with Crippen molar-refractivity contribution in [1.29, 1.82) is 0 Å². The Hall–Kier alpha value is -2.38. The minimum Gasteiger partial charge on any atom is -0.493 e. The van der Waals surface area contributed by atoms with Crippen molar-refractivity contribution in [3.05, 3.63) is 59.2 Å². The second-order valence-electron chi connectivity index (χ2n) is 6.59. The number of carbonyl (C=O) groups excluding carboxylic acids is 1. The van der Waals surface area contributed by atoms with Gasteiger partial charge < -0.3 is 9.64 Å². The standard InChI is InChI=1S/C20H26N2O4S/c1-14-6-5-7-19(15(14)2)26-13-12-20(23)22(4)16(3)17-8-10-18(11-9-17)27(21,24)25/h5-11,16H,12-13H2,1-4H3,(H2,21,24,25). The highest BCUT2D eigenvalue weighted by Crippen LogP contribution is 2.22. The molecule has 27 heavy (non-hydrogen) atoms. The van der Waals surface area contributed by atoms with E-state index in [-0.39, 0.29) is 23.3 Å². The number of nitrogens with two attached hydrogens (primary N) is 1. The average molecular weight is 391 g/mol. The first kappa shape index (κ1) is 20.9. The molecule has 0 fully saturated rings. The van der Waals surface area contributed by atoms with E-state index in [9.17, 15) is 13.2 Å². The number of aryl methyl sites for hydroxylation is 1. The number of carbonyl (C=O) groups is 1. The van der Waals surface area contributed by atoms with Crippen molar-refractivity contribution in [2.24, 2.45) is 5.14 Å². The summed E-state index contributed by atoms with van der Waals surface area (Å²) in [6, 6.07) is 11.9. The lowest BCUT2D eigenvalue weighted by atomic mass is 10.1. The van der Waals surface area contributed by atoms with Crippen molar-refractivity contribution < 1.29 is 17.9 Å². The van der Waals surface area contributed by atoms with Crippen molar-refractivity contribution in [2.75, 3.05) is 13.7 Å². The molecule has 146 valence electrons. The normalized spacial score (nSPS) is 12.5. The van der Waals surface area contributed by atoms with Gasteiger partial charge in [0.1, 0.15) is 5.75 Å². The van der Waals surface area contributed by atoms with Gasteiger partial charge in [-0.05, 0) is 55.7 Å². The Morgan fingerprint density at radius 3 is 2.37 bits per heavy atom. The fourth-order valence-electron chi connectivity index (χ4n) is 2.68. The van der Waals surface area contributed by atoms with E-state index in [0.717, 1.165) is 22.4 Å². The largest absolute Gasteiger partial charge is 0.493 e. The third kappa shape index (κ3) is 5.30. The molecule has 1 unspecified atom stereocenters. The van der Waals surface area contributed by atoms with Crippen molar-refractivity contribution in [3.8, 4) is 5.75 Å². The quantitative estimate of drug-likeness (QED) is 0.787. The molecular weight excluding hydrogens is 364 g/mol. The zero-order chi connectivity index (χ0) is 20.2. The van der Waals surface area contributed by atoms with Gasteiger partial charge in [0.05, 0.1) is 24.0 Å². The van der Waals surface area contributed by atoms with Crippen LogP contribution >= 0.6 is 0 Å². The summed E-state index contributed by atoms with van der Waals surface area (Å²) in [6.07, 6.45) is 0.253. The summed E-state index contributed by atoms with van der Waals surface area (Å²) in [5.74, 6) is 0.736. The number of ether oxygens (including phenoxy) is 1. The van der Waals surface area contributed by atoms with E-state index in [1.807, 2.05) is 39.0 Å². The monoisotopic (exact) mass is 390 g/mol. The summed E-state index contributed by atoms with van der Waals surface area (Å²) >= 11 is 0. The Bertz CT molecular complexity index is 908. The Balaban J connectivity index is 1.95. The van der Waals surface area contributed by atoms with Crippen LogP contribution in [-0.2, 0) is 14.8 Å². The van der Waals surface area contributed by atoms with Crippen molar-refractivity contribution in [2.45, 2.75) is 38.1 Å². The Kier molecular flexibility index (Phi) is 6.62. The summed E-state index contributed by atoms with van der Waals surface area (Å²) < 4.78 is 28.4. The highest BCUT2D eigenvalue weighted by molar-refractivity contribution is 7.89. The van der Waals surface area contributed by atoms with Gasteiger partial charge in [0, 0.05) is 7.05 Å². The lowest BCUT2D eigenvalue weighted by Crippen LogP contribution is -2.30. The third-order valence-corrected chi connectivity index (χ3v) is 5.72. The maximum atomic E-state index is 12.5. The van der Waals surface area contributed by atoms with E-state index in [1.54, 1.807) is 24.1 Å². The Morgan fingerprint density at radius 1 is 1.15 bits per heavy atom. The first-order valence-corrected chi connectivity index (χ1v) is 10.2. The smallest absolute Gasteiger partial charge is 0.238 e. The van der Waals surface area contributed by atoms with Gasteiger partial charge in [-0.2, -0.15) is 0 Å². The number of nitrogens with zero attached hydrogens (tertiary/aromatic N) is 1. The number of rotatable bonds is 7. The van der Waals surface area contributed by atoms with E-state index in [4.69, 9.17) is 9.88 Å². The summed E-state index contributed by atoms with van der Waals surface area (Å²) in [5, 5.41) is 5.11. The van der Waals surface area contributed by atoms with Crippen LogP contribution in [0.1, 0.15) is 36.1 Å². The minimum absolute atomic E-state index is 0.0503. The van der Waals surface area contributed by atoms with Crippen LogP contribution in [0, 0.1) is 13.8 Å². The Morgan fingerprint density at radius 2 is 1.78 bits per heavy atom. The molecule has 0 radical (unpaired) electrons. The zero-order valence-electron chi connectivity index (χ0n) is 16.1. The topological polar surface area (TPSA) is 89.7 Å². The minimum atomic E-state index is -3.72. The molecule has 2 rings (SSSR count). The van der Waals surface area contributed by atoms with Gasteiger partial charge in [-0.3, -0.25) is 4.79 Å². The molecule has 1 atom stereocenters. The summed E-state index contributed by atoms with van der Waals surface area (Å²) in [5.41, 5.74) is 3.04. The lowest BCUT2D eigenvalue weighted by Gasteiger charge is -2.25. The summed E-state index contributed by atoms with van der Waals surface area (Å²) in [4.78, 5) is 14.1. The van der Waals surface area contributed by atoms with Gasteiger partial charge >= 0.3 is 0 Å². The molecule has 0 spiro atoms. The maximum absolute atomic E-state index is 12.5. The summed E-state index contributed by atoms with van der Waals surface area (Å²) in [7, 11) is -2.00. The van der Waals surface area contributed by atoms with Crippen molar-refractivity contribution in [3.63, 3.8) is 0 Å². The van der Waals surface area contributed by atoms with Crippen LogP contribution in [0.5, 0.6) is 5.75 Å². The highest BCUT2D eigenvalue weighted by Gasteiger charge is 2.18. The lowest BCUT2D eigenvalue weighted by molar-refractivity contribution is -0.132. The average Bonchev–Trinajstić information content (AvgIpc) is 2.63. The maximum Gasteiger partial charge on any atom is 0.238 e. The SMILES string of the molecule is Cc1cccc(OCCC(=O)N(C)C(C)c2ccc(S(N)(=O)=O)cc2)c1C. The number of hydrogen-bond donors (Lipinski definition) is 1. The van der Waals surface area contributed by atoms with E-state index in [2.05, 4.69) is 0 Å². The molecule has 0 saturated heterocycles. The second kappa shape index (κ2) is 8.54. The molecule has 0 aromatic heterocycles. The molecule has 2 aromatic rings. The van der Waals surface area contributed by atoms with Gasteiger partial charge in [0.25, 0.3) is 0 Å². The van der Waals surface area contributed by atoms with Gasteiger partial charge in [-0.25, -0.2) is 13.6 Å². The predicted molar refractivity (Wildman–Crippen MR) is 105 cm³/mol. The van der Waals surface area contributed by atoms with E-state index in [1.165, 1.54) is 12.1 Å². The molecule has 0 saturated carbocycles. The fourth-order valence-corrected chi connectivity index (χ4v) is 3.20. The van der Waals surface area contributed by atoms with Crippen LogP contribution in [0.4, 0.5) is 0 Å². The van der Waals surface area contributed by atoms with Crippen LogP contribution in [0.25, 0.3) is 0 Å². The first-order chi connectivity index (χ1) is 12.6. The number of primary sulfonamides is 1. The van der Waals surface area contributed by atoms with Gasteiger partial charge in [-0.1, -0.05) is 24.3 Å². The third-order valence-electron chi connectivity index (χ3n) is 4.79. The molecule has 0 bridgehead atoms. The van der Waals surface area contributed by atoms with Crippen LogP contribution < -0.4 is 9.88 Å². The molecule has 1 amide bonds. The van der Waals surface area contributed by atoms with E-state index in [0.29, 0.717) is 6.61 Å². The number of benzene rings is 2. The highest BCUT2D eigenvalue weighted by atomic mass is 32.2. The first-order valence-electron chi connectivity index (χ1n) is 8.68. The molecule has 2 N–H and O–H groups in total. The number of hydrogen-bond acceptors (Lipinski definition) is 4. The van der Waals surface area contributed by atoms with Crippen LogP contribution in [0.3, 0.4) is 0 Å². The van der Waals surface area contributed by atoms with Crippen LogP contribution in [0.2, 0.25) is 0 Å². The predicted octanol–water partition coefficient (Wildman–Crippen LogP) is 2.94. The zero-order valence-corrected chi connectivity index (χ0v) is 16.9. The van der Waals surface area contributed by atoms with Crippen LogP contribution in [0.15, 0.2) is 47.4 Å². The number of sulfonamides is 1.